The zero-order valence-corrected chi connectivity index (χ0v) is 16.5. The van der Waals surface area contributed by atoms with E-state index in [1.54, 1.807) is 48.0 Å². The van der Waals surface area contributed by atoms with Gasteiger partial charge in [-0.05, 0) is 49.4 Å². The highest BCUT2D eigenvalue weighted by molar-refractivity contribution is 5.93. The van der Waals surface area contributed by atoms with Crippen molar-refractivity contribution >= 4 is 17.6 Å². The Kier molecular flexibility index (Phi) is 6.07. The lowest BCUT2D eigenvalue weighted by molar-refractivity contribution is -0.118. The number of nitrogens with zero attached hydrogens (tertiary/aromatic N) is 2. The van der Waals surface area contributed by atoms with Gasteiger partial charge in [0, 0.05) is 17.2 Å². The first-order chi connectivity index (χ1) is 13.9. The van der Waals surface area contributed by atoms with E-state index in [0.717, 1.165) is 5.56 Å². The molecule has 1 amide bonds. The first kappa shape index (κ1) is 20.3. The molecule has 0 saturated heterocycles. The Labute approximate surface area is 168 Å². The van der Waals surface area contributed by atoms with Gasteiger partial charge < -0.3 is 10.1 Å². The fourth-order valence-corrected chi connectivity index (χ4v) is 2.71. The van der Waals surface area contributed by atoms with Crippen LogP contribution < -0.4 is 5.32 Å². The van der Waals surface area contributed by atoms with Crippen LogP contribution in [0.15, 0.2) is 54.6 Å². The largest absolute Gasteiger partial charge is 0.461 e. The Morgan fingerprint density at radius 1 is 1.14 bits per heavy atom. The van der Waals surface area contributed by atoms with Gasteiger partial charge in [0.15, 0.2) is 5.69 Å². The van der Waals surface area contributed by atoms with Crippen LogP contribution in [0, 0.1) is 11.7 Å². The summed E-state index contributed by atoms with van der Waals surface area (Å²) in [5.41, 5.74) is 2.71. The monoisotopic (exact) mass is 395 g/mol. The lowest BCUT2D eigenvalue weighted by atomic mass is 10.1. The molecule has 7 heteroatoms. The highest BCUT2D eigenvalue weighted by atomic mass is 19.1. The number of halogens is 1. The zero-order chi connectivity index (χ0) is 21.0. The average molecular weight is 395 g/mol. The third kappa shape index (κ3) is 4.68. The molecule has 1 N–H and O–H groups in total. The van der Waals surface area contributed by atoms with Crippen LogP contribution in [0.1, 0.15) is 31.3 Å². The maximum Gasteiger partial charge on any atom is 0.358 e. The molecule has 2 aromatic carbocycles. The number of benzene rings is 2. The second-order valence-electron chi connectivity index (χ2n) is 6.75. The second kappa shape index (κ2) is 8.68. The Balaban J connectivity index is 2.06. The van der Waals surface area contributed by atoms with E-state index >= 15 is 0 Å². The number of carbonyl (C=O) groups excluding carboxylic acids is 2. The summed E-state index contributed by atoms with van der Waals surface area (Å²) in [5.74, 6) is -1.16. The fraction of sp³-hybridized carbons (Fsp3) is 0.227. The van der Waals surface area contributed by atoms with E-state index in [1.165, 1.54) is 12.1 Å². The zero-order valence-electron chi connectivity index (χ0n) is 16.5. The van der Waals surface area contributed by atoms with Crippen molar-refractivity contribution in [3.63, 3.8) is 0 Å². The highest BCUT2D eigenvalue weighted by Crippen LogP contribution is 2.27. The minimum atomic E-state index is -0.543. The minimum absolute atomic E-state index is 0.0959. The molecule has 0 unspecified atom stereocenters. The molecule has 0 aliphatic carbocycles. The van der Waals surface area contributed by atoms with Gasteiger partial charge in [-0.2, -0.15) is 5.10 Å². The van der Waals surface area contributed by atoms with Crippen molar-refractivity contribution in [1.82, 2.24) is 9.78 Å². The standard InChI is InChI=1S/C22H22FN3O3/c1-4-29-22(28)19-13-20(26(25-19)18-10-8-16(23)9-11-18)15-6-5-7-17(12-15)24-21(27)14(2)3/h5-14H,4H2,1-3H3,(H,24,27). The normalized spacial score (nSPS) is 10.8. The average Bonchev–Trinajstić information content (AvgIpc) is 3.14. The molecule has 1 aromatic heterocycles. The van der Waals surface area contributed by atoms with Crippen molar-refractivity contribution in [2.45, 2.75) is 20.8 Å². The van der Waals surface area contributed by atoms with Crippen LogP contribution in [-0.2, 0) is 9.53 Å². The summed E-state index contributed by atoms with van der Waals surface area (Å²) >= 11 is 0. The van der Waals surface area contributed by atoms with Gasteiger partial charge in [-0.15, -0.1) is 0 Å². The summed E-state index contributed by atoms with van der Waals surface area (Å²) in [7, 11) is 0. The number of nitrogens with one attached hydrogen (secondary N) is 1. The SMILES string of the molecule is CCOC(=O)c1cc(-c2cccc(NC(=O)C(C)C)c2)n(-c2ccc(F)cc2)n1. The van der Waals surface area contributed by atoms with Gasteiger partial charge in [-0.3, -0.25) is 4.79 Å². The fourth-order valence-electron chi connectivity index (χ4n) is 2.71. The van der Waals surface area contributed by atoms with Crippen LogP contribution in [-0.4, -0.2) is 28.3 Å². The molecule has 6 nitrogen and oxygen atoms in total. The summed E-state index contributed by atoms with van der Waals surface area (Å²) in [5, 5.41) is 7.21. The minimum Gasteiger partial charge on any atom is -0.461 e. The Bertz CT molecular complexity index is 1030. The number of amides is 1. The maximum atomic E-state index is 13.4. The van der Waals surface area contributed by atoms with Crippen molar-refractivity contribution in [3.05, 3.63) is 66.1 Å². The van der Waals surface area contributed by atoms with Gasteiger partial charge in [-0.25, -0.2) is 13.9 Å². The van der Waals surface area contributed by atoms with Gasteiger partial charge >= 0.3 is 5.97 Å². The predicted molar refractivity (Wildman–Crippen MR) is 108 cm³/mol. The van der Waals surface area contributed by atoms with Gasteiger partial charge in [0.25, 0.3) is 0 Å². The van der Waals surface area contributed by atoms with Gasteiger partial charge in [0.1, 0.15) is 5.82 Å². The number of esters is 1. The number of anilines is 1. The number of ether oxygens (including phenoxy) is 1. The highest BCUT2D eigenvalue weighted by Gasteiger charge is 2.18. The van der Waals surface area contributed by atoms with Crippen molar-refractivity contribution in [1.29, 1.82) is 0 Å². The Morgan fingerprint density at radius 2 is 1.86 bits per heavy atom. The van der Waals surface area contributed by atoms with Crippen molar-refractivity contribution in [2.24, 2.45) is 5.92 Å². The van der Waals surface area contributed by atoms with E-state index in [2.05, 4.69) is 10.4 Å². The molecule has 0 bridgehead atoms. The van der Waals surface area contributed by atoms with E-state index < -0.39 is 5.97 Å². The van der Waals surface area contributed by atoms with Crippen LogP contribution in [0.4, 0.5) is 10.1 Å². The van der Waals surface area contributed by atoms with Crippen molar-refractivity contribution in [3.8, 4) is 16.9 Å². The molecule has 0 spiro atoms. The molecule has 0 aliphatic heterocycles. The quantitative estimate of drug-likeness (QED) is 0.626. The van der Waals surface area contributed by atoms with E-state index in [1.807, 2.05) is 19.9 Å². The Morgan fingerprint density at radius 3 is 2.52 bits per heavy atom. The molecule has 3 rings (SSSR count). The molecule has 150 valence electrons. The van der Waals surface area contributed by atoms with Crippen LogP contribution >= 0.6 is 0 Å². The number of rotatable bonds is 6. The number of carbonyl (C=O) groups is 2. The molecule has 29 heavy (non-hydrogen) atoms. The molecule has 0 atom stereocenters. The van der Waals surface area contributed by atoms with Crippen molar-refractivity contribution in [2.75, 3.05) is 11.9 Å². The molecule has 1 heterocycles. The van der Waals surface area contributed by atoms with Crippen molar-refractivity contribution < 1.29 is 18.7 Å². The number of aromatic nitrogens is 2. The number of hydrogen-bond acceptors (Lipinski definition) is 4. The van der Waals surface area contributed by atoms with E-state index in [4.69, 9.17) is 4.74 Å². The summed E-state index contributed by atoms with van der Waals surface area (Å²) in [6, 6.07) is 14.6. The third-order valence-corrected chi connectivity index (χ3v) is 4.22. The smallest absolute Gasteiger partial charge is 0.358 e. The van der Waals surface area contributed by atoms with Crippen LogP contribution in [0.3, 0.4) is 0 Å². The van der Waals surface area contributed by atoms with Crippen LogP contribution in [0.5, 0.6) is 0 Å². The topological polar surface area (TPSA) is 73.2 Å². The van der Waals surface area contributed by atoms with Gasteiger partial charge in [0.05, 0.1) is 18.0 Å². The molecular formula is C22H22FN3O3. The van der Waals surface area contributed by atoms with E-state index in [0.29, 0.717) is 17.1 Å². The number of hydrogen-bond donors (Lipinski definition) is 1. The first-order valence-corrected chi connectivity index (χ1v) is 9.33. The van der Waals surface area contributed by atoms with Crippen LogP contribution in [0.2, 0.25) is 0 Å². The van der Waals surface area contributed by atoms with E-state index in [9.17, 15) is 14.0 Å². The molecular weight excluding hydrogens is 373 g/mol. The summed E-state index contributed by atoms with van der Waals surface area (Å²) < 4.78 is 20.0. The van der Waals surface area contributed by atoms with Crippen LogP contribution in [0.25, 0.3) is 16.9 Å². The Hall–Kier alpha value is -3.48. The lowest BCUT2D eigenvalue weighted by Gasteiger charge is -2.11. The second-order valence-corrected chi connectivity index (χ2v) is 6.75. The summed E-state index contributed by atoms with van der Waals surface area (Å²) in [6.07, 6.45) is 0. The molecule has 0 aliphatic rings. The first-order valence-electron chi connectivity index (χ1n) is 9.33. The predicted octanol–water partition coefficient (Wildman–Crippen LogP) is 4.45. The summed E-state index contributed by atoms with van der Waals surface area (Å²) in [4.78, 5) is 24.2. The maximum absolute atomic E-state index is 13.4. The molecule has 0 saturated carbocycles. The van der Waals surface area contributed by atoms with Gasteiger partial charge in [0.2, 0.25) is 5.91 Å². The third-order valence-electron chi connectivity index (χ3n) is 4.22. The molecule has 3 aromatic rings. The van der Waals surface area contributed by atoms with E-state index in [-0.39, 0.29) is 29.9 Å². The van der Waals surface area contributed by atoms with Gasteiger partial charge in [-0.1, -0.05) is 26.0 Å². The lowest BCUT2D eigenvalue weighted by Crippen LogP contribution is -2.17. The summed E-state index contributed by atoms with van der Waals surface area (Å²) in [6.45, 7) is 5.58. The molecule has 0 fully saturated rings. The molecule has 0 radical (unpaired) electrons.